The van der Waals surface area contributed by atoms with Crippen LogP contribution < -0.4 is 14.4 Å². The van der Waals surface area contributed by atoms with E-state index in [4.69, 9.17) is 16.3 Å². The van der Waals surface area contributed by atoms with Crippen molar-refractivity contribution < 1.29 is 22.7 Å². The molecule has 45 heavy (non-hydrogen) atoms. The third-order valence-electron chi connectivity index (χ3n) is 7.11. The molecule has 1 atom stereocenters. The van der Waals surface area contributed by atoms with E-state index in [1.54, 1.807) is 30.3 Å². The van der Waals surface area contributed by atoms with Gasteiger partial charge in [0.05, 0.1) is 17.7 Å². The van der Waals surface area contributed by atoms with Crippen LogP contribution in [0.4, 0.5) is 5.69 Å². The zero-order valence-electron chi connectivity index (χ0n) is 25.0. The Morgan fingerprint density at radius 2 is 1.56 bits per heavy atom. The number of sulfonamides is 1. The first-order valence-corrected chi connectivity index (χ1v) is 17.0. The first-order chi connectivity index (χ1) is 21.6. The molecule has 11 heteroatoms. The van der Waals surface area contributed by atoms with E-state index in [2.05, 4.69) is 21.2 Å². The van der Waals surface area contributed by atoms with Gasteiger partial charge in [0.15, 0.2) is 0 Å². The van der Waals surface area contributed by atoms with Crippen molar-refractivity contribution in [3.8, 4) is 5.75 Å². The number of hydrogen-bond donors (Lipinski definition) is 1. The monoisotopic (exact) mass is 711 g/mol. The molecule has 0 aliphatic heterocycles. The van der Waals surface area contributed by atoms with Crippen molar-refractivity contribution in [1.82, 2.24) is 10.2 Å². The molecule has 0 heterocycles. The van der Waals surface area contributed by atoms with Crippen LogP contribution in [0.25, 0.3) is 0 Å². The number of amides is 2. The van der Waals surface area contributed by atoms with Gasteiger partial charge in [-0.2, -0.15) is 0 Å². The van der Waals surface area contributed by atoms with E-state index in [0.717, 1.165) is 19.9 Å². The topological polar surface area (TPSA) is 96.0 Å². The van der Waals surface area contributed by atoms with Gasteiger partial charge in [-0.05, 0) is 60.0 Å². The number of halogens is 2. The van der Waals surface area contributed by atoms with Crippen LogP contribution in [0.2, 0.25) is 5.02 Å². The molecule has 0 saturated carbocycles. The summed E-state index contributed by atoms with van der Waals surface area (Å²) in [6, 6.07) is 28.3. The number of methoxy groups -OCH3 is 1. The Labute approximate surface area is 278 Å². The summed E-state index contributed by atoms with van der Waals surface area (Å²) in [5.41, 5.74) is 1.72. The number of carbonyl (C=O) groups excluding carboxylic acids is 2. The zero-order valence-corrected chi connectivity index (χ0v) is 28.2. The summed E-state index contributed by atoms with van der Waals surface area (Å²) >= 11 is 9.78. The predicted molar refractivity (Wildman–Crippen MR) is 181 cm³/mol. The number of nitrogens with one attached hydrogen (secondary N) is 1. The fourth-order valence-corrected chi connectivity index (χ4v) is 6.67. The van der Waals surface area contributed by atoms with E-state index < -0.39 is 28.5 Å². The summed E-state index contributed by atoms with van der Waals surface area (Å²) in [5, 5.41) is 3.20. The van der Waals surface area contributed by atoms with Crippen LogP contribution in [0.15, 0.2) is 112 Å². The van der Waals surface area contributed by atoms with Gasteiger partial charge in [0.1, 0.15) is 18.3 Å². The molecular weight excluding hydrogens is 678 g/mol. The standard InChI is InChI=1S/C34H35BrClN3O5S/c1-3-20-37-34(41)31(21-25-10-6-4-7-11-25)38(23-26-14-16-27(35)17-15-26)33(40)24-39(30-22-28(36)18-19-32(30)44-2)45(42,43)29-12-8-5-9-13-29/h4-19,22,31H,3,20-21,23-24H2,1-2H3,(H,37,41)/t31-/m1/s1. The summed E-state index contributed by atoms with van der Waals surface area (Å²) in [7, 11) is -2.88. The molecule has 0 aromatic heterocycles. The second kappa shape index (κ2) is 15.9. The van der Waals surface area contributed by atoms with Crippen molar-refractivity contribution in [2.24, 2.45) is 0 Å². The third-order valence-corrected chi connectivity index (χ3v) is 9.64. The number of anilines is 1. The summed E-state index contributed by atoms with van der Waals surface area (Å²) in [4.78, 5) is 29.7. The van der Waals surface area contributed by atoms with Gasteiger partial charge in [-0.1, -0.05) is 95.1 Å². The molecule has 1 N–H and O–H groups in total. The quantitative estimate of drug-likeness (QED) is 0.162. The molecule has 4 aromatic carbocycles. The maximum Gasteiger partial charge on any atom is 0.264 e. The van der Waals surface area contributed by atoms with Gasteiger partial charge in [0, 0.05) is 29.0 Å². The minimum atomic E-state index is -4.29. The Kier molecular flexibility index (Phi) is 12.0. The van der Waals surface area contributed by atoms with Gasteiger partial charge < -0.3 is 15.0 Å². The average molecular weight is 713 g/mol. The highest BCUT2D eigenvalue weighted by molar-refractivity contribution is 9.10. The van der Waals surface area contributed by atoms with Gasteiger partial charge in [0.2, 0.25) is 11.8 Å². The van der Waals surface area contributed by atoms with Gasteiger partial charge in [-0.25, -0.2) is 8.42 Å². The first-order valence-electron chi connectivity index (χ1n) is 14.4. The normalized spacial score (nSPS) is 11.8. The minimum absolute atomic E-state index is 0.0131. The van der Waals surface area contributed by atoms with Crippen LogP contribution in [0.3, 0.4) is 0 Å². The van der Waals surface area contributed by atoms with Gasteiger partial charge in [-0.3, -0.25) is 13.9 Å². The highest BCUT2D eigenvalue weighted by Gasteiger charge is 2.35. The fourth-order valence-electron chi connectivity index (χ4n) is 4.80. The van der Waals surface area contributed by atoms with Crippen LogP contribution in [-0.4, -0.2) is 51.4 Å². The first kappa shape index (κ1) is 34.0. The lowest BCUT2D eigenvalue weighted by atomic mass is 10.0. The van der Waals surface area contributed by atoms with E-state index >= 15 is 0 Å². The van der Waals surface area contributed by atoms with E-state index in [1.807, 2.05) is 61.5 Å². The average Bonchev–Trinajstić information content (AvgIpc) is 3.05. The second-order valence-electron chi connectivity index (χ2n) is 10.3. The second-order valence-corrected chi connectivity index (χ2v) is 13.5. The molecule has 8 nitrogen and oxygen atoms in total. The molecule has 0 aliphatic carbocycles. The summed E-state index contributed by atoms with van der Waals surface area (Å²) in [6.07, 6.45) is 0.937. The number of rotatable bonds is 14. The highest BCUT2D eigenvalue weighted by atomic mass is 79.9. The predicted octanol–water partition coefficient (Wildman–Crippen LogP) is 6.47. The highest BCUT2D eigenvalue weighted by Crippen LogP contribution is 2.35. The van der Waals surface area contributed by atoms with Gasteiger partial charge in [-0.15, -0.1) is 0 Å². The molecule has 0 saturated heterocycles. The molecule has 0 spiro atoms. The van der Waals surface area contributed by atoms with Crippen LogP contribution in [0, 0.1) is 0 Å². The van der Waals surface area contributed by atoms with Crippen LogP contribution >= 0.6 is 27.5 Å². The van der Waals surface area contributed by atoms with Crippen molar-refractivity contribution in [2.45, 2.75) is 37.2 Å². The van der Waals surface area contributed by atoms with Gasteiger partial charge >= 0.3 is 0 Å². The Hall–Kier alpha value is -3.86. The van der Waals surface area contributed by atoms with Crippen molar-refractivity contribution >= 4 is 55.1 Å². The number of benzene rings is 4. The lowest BCUT2D eigenvalue weighted by molar-refractivity contribution is -0.140. The summed E-state index contributed by atoms with van der Waals surface area (Å²) in [5.74, 6) is -0.691. The number of carbonyl (C=O) groups is 2. The maximum atomic E-state index is 14.5. The molecule has 0 unspecified atom stereocenters. The van der Waals surface area contributed by atoms with E-state index in [1.165, 1.54) is 30.2 Å². The number of nitrogens with zero attached hydrogens (tertiary/aromatic N) is 2. The lowest BCUT2D eigenvalue weighted by Gasteiger charge is -2.34. The third kappa shape index (κ3) is 8.87. The molecule has 0 fully saturated rings. The maximum absolute atomic E-state index is 14.5. The van der Waals surface area contributed by atoms with E-state index in [-0.39, 0.29) is 40.2 Å². The molecule has 0 radical (unpaired) electrons. The van der Waals surface area contributed by atoms with Gasteiger partial charge in [0.25, 0.3) is 10.0 Å². The molecular formula is C34H35BrClN3O5S. The Bertz CT molecular complexity index is 1690. The SMILES string of the molecule is CCCNC(=O)[C@@H](Cc1ccccc1)N(Cc1ccc(Br)cc1)C(=O)CN(c1cc(Cl)ccc1OC)S(=O)(=O)c1ccccc1. The molecule has 2 amide bonds. The van der Waals surface area contributed by atoms with Crippen LogP contribution in [0.5, 0.6) is 5.75 Å². The van der Waals surface area contributed by atoms with Crippen molar-refractivity contribution in [1.29, 1.82) is 0 Å². The Morgan fingerprint density at radius 3 is 2.18 bits per heavy atom. The molecule has 0 bridgehead atoms. The number of hydrogen-bond acceptors (Lipinski definition) is 5. The fraction of sp³-hybridized carbons (Fsp3) is 0.235. The molecule has 236 valence electrons. The number of ether oxygens (including phenoxy) is 1. The lowest BCUT2D eigenvalue weighted by Crippen LogP contribution is -2.53. The zero-order chi connectivity index (χ0) is 32.4. The summed E-state index contributed by atoms with van der Waals surface area (Å²) < 4.78 is 35.7. The van der Waals surface area contributed by atoms with E-state index in [9.17, 15) is 18.0 Å². The van der Waals surface area contributed by atoms with Crippen molar-refractivity contribution in [3.05, 3.63) is 124 Å². The molecule has 0 aliphatic rings. The van der Waals surface area contributed by atoms with Crippen LogP contribution in [0.1, 0.15) is 24.5 Å². The minimum Gasteiger partial charge on any atom is -0.495 e. The largest absolute Gasteiger partial charge is 0.495 e. The summed E-state index contributed by atoms with van der Waals surface area (Å²) in [6.45, 7) is 1.83. The van der Waals surface area contributed by atoms with E-state index in [0.29, 0.717) is 13.0 Å². The molecule has 4 rings (SSSR count). The van der Waals surface area contributed by atoms with Crippen molar-refractivity contribution in [3.63, 3.8) is 0 Å². The Morgan fingerprint density at radius 1 is 0.911 bits per heavy atom. The van der Waals surface area contributed by atoms with Crippen molar-refractivity contribution in [2.75, 3.05) is 24.5 Å². The molecule has 4 aromatic rings. The Balaban J connectivity index is 1.83. The smallest absolute Gasteiger partial charge is 0.264 e. The van der Waals surface area contributed by atoms with Crippen LogP contribution in [-0.2, 0) is 32.6 Å².